The van der Waals surface area contributed by atoms with Crippen LogP contribution in [-0.2, 0) is 9.53 Å². The second-order valence-corrected chi connectivity index (χ2v) is 2.14. The Bertz CT molecular complexity index is 208. The van der Waals surface area contributed by atoms with E-state index >= 15 is 0 Å². The Balaban J connectivity index is 2.62. The molecular weight excluding hydrogens is 144 g/mol. The largest absolute Gasteiger partial charge is 0.458 e. The predicted octanol–water partition coefficient (Wildman–Crippen LogP) is 1.03. The zero-order valence-electron chi connectivity index (χ0n) is 6.28. The summed E-state index contributed by atoms with van der Waals surface area (Å²) < 4.78 is 4.78. The molecule has 0 aliphatic rings. The van der Waals surface area contributed by atoms with Gasteiger partial charge in [0.2, 0.25) is 0 Å². The number of carbonyl (C=O) groups excluding carboxylic acids is 1. The van der Waals surface area contributed by atoms with E-state index in [0.29, 0.717) is 6.47 Å². The van der Waals surface area contributed by atoms with Crippen molar-refractivity contribution in [3.05, 3.63) is 18.2 Å². The highest BCUT2D eigenvalue weighted by molar-refractivity contribution is 5.38. The summed E-state index contributed by atoms with van der Waals surface area (Å²) >= 11 is 0. The summed E-state index contributed by atoms with van der Waals surface area (Å²) in [5, 5.41) is 0. The van der Waals surface area contributed by atoms with Crippen molar-refractivity contribution < 1.29 is 9.53 Å². The maximum atomic E-state index is 10.0. The molecule has 11 heavy (non-hydrogen) atoms. The minimum Gasteiger partial charge on any atom is -0.458 e. The highest BCUT2D eigenvalue weighted by Crippen LogP contribution is 2.16. The van der Waals surface area contributed by atoms with Crippen molar-refractivity contribution in [3.8, 4) is 0 Å². The number of hydrogen-bond donors (Lipinski definition) is 1. The van der Waals surface area contributed by atoms with Gasteiger partial charge in [-0.2, -0.15) is 0 Å². The summed E-state index contributed by atoms with van der Waals surface area (Å²) in [4.78, 5) is 16.7. The molecule has 60 valence electrons. The monoisotopic (exact) mass is 154 g/mol. The molecule has 0 saturated heterocycles. The van der Waals surface area contributed by atoms with Gasteiger partial charge < -0.3 is 9.72 Å². The first kappa shape index (κ1) is 7.78. The van der Waals surface area contributed by atoms with E-state index in [2.05, 4.69) is 9.97 Å². The Labute approximate surface area is 64.6 Å². The highest BCUT2D eigenvalue weighted by atomic mass is 16.5. The molecule has 0 saturated carbocycles. The number of H-pyrrole nitrogens is 1. The van der Waals surface area contributed by atoms with Gasteiger partial charge in [-0.1, -0.05) is 6.92 Å². The van der Waals surface area contributed by atoms with Crippen LogP contribution in [0.1, 0.15) is 25.1 Å². The Kier molecular flexibility index (Phi) is 2.66. The third kappa shape index (κ3) is 1.80. The van der Waals surface area contributed by atoms with Crippen molar-refractivity contribution in [3.63, 3.8) is 0 Å². The standard InChI is InChI=1S/C7H10N2O2/c1-2-7(11-5-10)6-3-8-4-9-6/h3-5,7H,2H2,1H3,(H,8,9). The zero-order chi connectivity index (χ0) is 8.10. The first-order valence-corrected chi connectivity index (χ1v) is 3.45. The van der Waals surface area contributed by atoms with E-state index < -0.39 is 0 Å². The number of nitrogens with zero attached hydrogens (tertiary/aromatic N) is 1. The molecule has 0 radical (unpaired) electrons. The Hall–Kier alpha value is -1.32. The number of aromatic amines is 1. The number of imidazole rings is 1. The normalized spacial score (nSPS) is 12.5. The summed E-state index contributed by atoms with van der Waals surface area (Å²) in [5.74, 6) is 0. The van der Waals surface area contributed by atoms with E-state index in [0.717, 1.165) is 12.1 Å². The van der Waals surface area contributed by atoms with Crippen LogP contribution in [0.2, 0.25) is 0 Å². The minimum absolute atomic E-state index is 0.185. The predicted molar refractivity (Wildman–Crippen MR) is 38.8 cm³/mol. The minimum atomic E-state index is -0.185. The van der Waals surface area contributed by atoms with Gasteiger partial charge in [0, 0.05) is 0 Å². The lowest BCUT2D eigenvalue weighted by molar-refractivity contribution is -0.134. The van der Waals surface area contributed by atoms with Gasteiger partial charge in [-0.25, -0.2) is 4.98 Å². The van der Waals surface area contributed by atoms with Gasteiger partial charge in [0.15, 0.2) is 0 Å². The van der Waals surface area contributed by atoms with Crippen molar-refractivity contribution >= 4 is 6.47 Å². The van der Waals surface area contributed by atoms with E-state index in [-0.39, 0.29) is 6.10 Å². The van der Waals surface area contributed by atoms with Crippen LogP contribution in [0.15, 0.2) is 12.5 Å². The van der Waals surface area contributed by atoms with E-state index in [1.165, 1.54) is 0 Å². The Morgan fingerprint density at radius 2 is 2.73 bits per heavy atom. The summed E-state index contributed by atoms with van der Waals surface area (Å²) in [6.07, 6.45) is 3.78. The lowest BCUT2D eigenvalue weighted by Crippen LogP contribution is -2.01. The van der Waals surface area contributed by atoms with Crippen LogP contribution < -0.4 is 0 Å². The van der Waals surface area contributed by atoms with Gasteiger partial charge in [-0.3, -0.25) is 4.79 Å². The van der Waals surface area contributed by atoms with Crippen molar-refractivity contribution in [2.45, 2.75) is 19.4 Å². The second kappa shape index (κ2) is 3.75. The lowest BCUT2D eigenvalue weighted by atomic mass is 10.2. The Morgan fingerprint density at radius 1 is 1.91 bits per heavy atom. The van der Waals surface area contributed by atoms with Crippen molar-refractivity contribution in [1.29, 1.82) is 0 Å². The molecule has 1 unspecified atom stereocenters. The van der Waals surface area contributed by atoms with E-state index in [1.807, 2.05) is 6.92 Å². The highest BCUT2D eigenvalue weighted by Gasteiger charge is 2.09. The molecule has 1 rings (SSSR count). The fraction of sp³-hybridized carbons (Fsp3) is 0.429. The number of carbonyl (C=O) groups is 1. The topological polar surface area (TPSA) is 55.0 Å². The van der Waals surface area contributed by atoms with Crippen molar-refractivity contribution in [2.75, 3.05) is 0 Å². The molecule has 4 heteroatoms. The molecule has 0 amide bonds. The number of rotatable bonds is 4. The van der Waals surface area contributed by atoms with Crippen molar-refractivity contribution in [2.24, 2.45) is 0 Å². The van der Waals surface area contributed by atoms with Crippen LogP contribution in [0.3, 0.4) is 0 Å². The number of aromatic nitrogens is 2. The number of nitrogens with one attached hydrogen (secondary N) is 1. The summed E-state index contributed by atoms with van der Waals surface area (Å²) in [6, 6.07) is 0. The zero-order valence-corrected chi connectivity index (χ0v) is 6.28. The van der Waals surface area contributed by atoms with E-state index in [1.54, 1.807) is 12.5 Å². The van der Waals surface area contributed by atoms with Gasteiger partial charge in [0.05, 0.1) is 18.2 Å². The van der Waals surface area contributed by atoms with Crippen LogP contribution >= 0.6 is 0 Å². The number of hydrogen-bond acceptors (Lipinski definition) is 3. The molecular formula is C7H10N2O2. The second-order valence-electron chi connectivity index (χ2n) is 2.14. The fourth-order valence-electron chi connectivity index (χ4n) is 0.899. The quantitative estimate of drug-likeness (QED) is 0.659. The van der Waals surface area contributed by atoms with Gasteiger partial charge in [-0.15, -0.1) is 0 Å². The average Bonchev–Trinajstić information content (AvgIpc) is 2.52. The van der Waals surface area contributed by atoms with Crippen LogP contribution in [0.25, 0.3) is 0 Å². The summed E-state index contributed by atoms with van der Waals surface area (Å²) in [7, 11) is 0. The molecule has 1 aromatic heterocycles. The van der Waals surface area contributed by atoms with Gasteiger partial charge >= 0.3 is 0 Å². The lowest BCUT2D eigenvalue weighted by Gasteiger charge is -2.09. The molecule has 0 fully saturated rings. The third-order valence-corrected chi connectivity index (χ3v) is 1.46. The molecule has 1 heterocycles. The molecule has 1 atom stereocenters. The molecule has 1 N–H and O–H groups in total. The molecule has 0 aliphatic carbocycles. The van der Waals surface area contributed by atoms with Crippen LogP contribution in [0.4, 0.5) is 0 Å². The smallest absolute Gasteiger partial charge is 0.293 e. The van der Waals surface area contributed by atoms with Crippen molar-refractivity contribution in [1.82, 2.24) is 9.97 Å². The molecule has 0 spiro atoms. The SMILES string of the molecule is CCC(OC=O)c1cnc[nH]1. The van der Waals surface area contributed by atoms with E-state index in [4.69, 9.17) is 4.74 Å². The fourth-order valence-corrected chi connectivity index (χ4v) is 0.899. The number of ether oxygens (including phenoxy) is 1. The summed E-state index contributed by atoms with van der Waals surface area (Å²) in [5.41, 5.74) is 0.833. The Morgan fingerprint density at radius 3 is 3.18 bits per heavy atom. The first-order chi connectivity index (χ1) is 5.38. The maximum absolute atomic E-state index is 10.0. The van der Waals surface area contributed by atoms with Crippen LogP contribution in [-0.4, -0.2) is 16.4 Å². The third-order valence-electron chi connectivity index (χ3n) is 1.46. The molecule has 4 nitrogen and oxygen atoms in total. The molecule has 0 aromatic carbocycles. The van der Waals surface area contributed by atoms with Gasteiger partial charge in [-0.05, 0) is 6.42 Å². The van der Waals surface area contributed by atoms with Crippen LogP contribution in [0.5, 0.6) is 0 Å². The summed E-state index contributed by atoms with van der Waals surface area (Å²) in [6.45, 7) is 2.39. The molecule has 1 aromatic rings. The maximum Gasteiger partial charge on any atom is 0.293 e. The first-order valence-electron chi connectivity index (χ1n) is 3.45. The molecule has 0 aliphatic heterocycles. The van der Waals surface area contributed by atoms with Gasteiger partial charge in [0.1, 0.15) is 6.10 Å². The molecule has 0 bridgehead atoms. The average molecular weight is 154 g/mol. The van der Waals surface area contributed by atoms with E-state index in [9.17, 15) is 4.79 Å². The van der Waals surface area contributed by atoms with Crippen LogP contribution in [0, 0.1) is 0 Å². The van der Waals surface area contributed by atoms with Gasteiger partial charge in [0.25, 0.3) is 6.47 Å².